The molecule has 0 radical (unpaired) electrons. The summed E-state index contributed by atoms with van der Waals surface area (Å²) in [4.78, 5) is 14.8. The largest absolute Gasteiger partial charge is 0.494 e. The van der Waals surface area contributed by atoms with E-state index in [0.717, 1.165) is 5.75 Å². The Morgan fingerprint density at radius 2 is 1.67 bits per heavy atom. The van der Waals surface area contributed by atoms with E-state index in [0.29, 0.717) is 38.5 Å². The first-order chi connectivity index (χ1) is 14.4. The molecule has 6 nitrogen and oxygen atoms in total. The van der Waals surface area contributed by atoms with E-state index in [4.69, 9.17) is 4.74 Å². The van der Waals surface area contributed by atoms with Crippen LogP contribution in [0.5, 0.6) is 5.75 Å². The molecular weight excluding hydrogens is 420 g/mol. The maximum absolute atomic E-state index is 12.9. The maximum Gasteiger partial charge on any atom is 0.243 e. The van der Waals surface area contributed by atoms with Gasteiger partial charge in [-0.05, 0) is 43.7 Å². The molecule has 0 bridgehead atoms. The summed E-state index contributed by atoms with van der Waals surface area (Å²) in [7, 11) is -3.57. The highest BCUT2D eigenvalue weighted by molar-refractivity contribution is 7.99. The third-order valence-corrected chi connectivity index (χ3v) is 8.13. The first kappa shape index (κ1) is 22.7. The van der Waals surface area contributed by atoms with Crippen molar-refractivity contribution in [1.29, 1.82) is 0 Å². The van der Waals surface area contributed by atoms with Crippen LogP contribution in [0, 0.1) is 0 Å². The van der Waals surface area contributed by atoms with Gasteiger partial charge in [0.15, 0.2) is 0 Å². The van der Waals surface area contributed by atoms with Crippen LogP contribution in [0.15, 0.2) is 59.5 Å². The van der Waals surface area contributed by atoms with Crippen molar-refractivity contribution in [2.75, 3.05) is 32.8 Å². The summed E-state index contributed by atoms with van der Waals surface area (Å²) in [5.74, 6) is 1.49. The zero-order valence-electron chi connectivity index (χ0n) is 17.4. The van der Waals surface area contributed by atoms with E-state index in [1.807, 2.05) is 32.0 Å². The molecule has 1 saturated heterocycles. The molecule has 30 heavy (non-hydrogen) atoms. The number of rotatable bonds is 8. The summed E-state index contributed by atoms with van der Waals surface area (Å²) in [6.07, 6.45) is 0. The lowest BCUT2D eigenvalue weighted by atomic mass is 10.2. The van der Waals surface area contributed by atoms with Gasteiger partial charge in [-0.3, -0.25) is 4.79 Å². The van der Waals surface area contributed by atoms with Crippen molar-refractivity contribution in [2.45, 2.75) is 29.7 Å². The summed E-state index contributed by atoms with van der Waals surface area (Å²) in [5.41, 5.74) is 1.19. The second-order valence-corrected chi connectivity index (χ2v) is 10.3. The second kappa shape index (κ2) is 10.3. The van der Waals surface area contributed by atoms with Crippen molar-refractivity contribution in [3.8, 4) is 5.75 Å². The van der Waals surface area contributed by atoms with Gasteiger partial charge >= 0.3 is 0 Å². The van der Waals surface area contributed by atoms with E-state index < -0.39 is 10.0 Å². The van der Waals surface area contributed by atoms with Crippen LogP contribution in [0.1, 0.15) is 19.4 Å². The normalized spacial score (nSPS) is 16.3. The van der Waals surface area contributed by atoms with Gasteiger partial charge < -0.3 is 9.64 Å². The minimum atomic E-state index is -3.57. The third kappa shape index (κ3) is 5.56. The molecule has 8 heteroatoms. The lowest BCUT2D eigenvalue weighted by Gasteiger charge is -2.35. The number of hydrogen-bond donors (Lipinski definition) is 0. The third-order valence-electron chi connectivity index (χ3n) is 5.01. The molecule has 0 aliphatic carbocycles. The van der Waals surface area contributed by atoms with Crippen molar-refractivity contribution in [3.05, 3.63) is 60.2 Å². The Balaban J connectivity index is 1.53. The van der Waals surface area contributed by atoms with Crippen LogP contribution in [-0.4, -0.2) is 61.6 Å². The molecule has 0 aromatic heterocycles. The lowest BCUT2D eigenvalue weighted by molar-refractivity contribution is -0.131. The molecular formula is C22H28N2O4S2. The number of benzene rings is 2. The fourth-order valence-corrected chi connectivity index (χ4v) is 5.65. The van der Waals surface area contributed by atoms with Crippen molar-refractivity contribution < 1.29 is 17.9 Å². The molecule has 0 N–H and O–H groups in total. The molecule has 162 valence electrons. The van der Waals surface area contributed by atoms with E-state index in [2.05, 4.69) is 12.1 Å². The highest BCUT2D eigenvalue weighted by Gasteiger charge is 2.31. The van der Waals surface area contributed by atoms with E-state index in [9.17, 15) is 13.2 Å². The lowest BCUT2D eigenvalue weighted by Crippen LogP contribution is -2.52. The molecule has 0 saturated carbocycles. The van der Waals surface area contributed by atoms with Crippen LogP contribution in [-0.2, 0) is 20.6 Å². The molecule has 0 spiro atoms. The Morgan fingerprint density at radius 1 is 1.03 bits per heavy atom. The quantitative estimate of drug-likeness (QED) is 0.620. The SMILES string of the molecule is CCOc1ccc(S(=O)(=O)N2CCN(C(=O)C(C)SCc3ccccc3)CC2)cc1. The molecule has 2 aromatic carbocycles. The van der Waals surface area contributed by atoms with Crippen molar-refractivity contribution in [1.82, 2.24) is 9.21 Å². The Labute approximate surface area is 183 Å². The number of carbonyl (C=O) groups is 1. The van der Waals surface area contributed by atoms with E-state index in [1.54, 1.807) is 40.9 Å². The van der Waals surface area contributed by atoms with E-state index in [-0.39, 0.29) is 16.1 Å². The van der Waals surface area contributed by atoms with Gasteiger partial charge in [0.2, 0.25) is 15.9 Å². The van der Waals surface area contributed by atoms with Crippen LogP contribution < -0.4 is 4.74 Å². The first-order valence-electron chi connectivity index (χ1n) is 10.1. The van der Waals surface area contributed by atoms with Gasteiger partial charge in [-0.25, -0.2) is 8.42 Å². The highest BCUT2D eigenvalue weighted by atomic mass is 32.2. The maximum atomic E-state index is 12.9. The number of amides is 1. The fourth-order valence-electron chi connectivity index (χ4n) is 3.30. The zero-order valence-corrected chi connectivity index (χ0v) is 19.0. The Bertz CT molecular complexity index is 925. The van der Waals surface area contributed by atoms with Crippen molar-refractivity contribution in [2.24, 2.45) is 0 Å². The Hall–Kier alpha value is -2.03. The predicted molar refractivity (Wildman–Crippen MR) is 120 cm³/mol. The number of hydrogen-bond acceptors (Lipinski definition) is 5. The van der Waals surface area contributed by atoms with Gasteiger partial charge in [-0.15, -0.1) is 11.8 Å². The molecule has 1 aliphatic rings. The Morgan fingerprint density at radius 3 is 2.27 bits per heavy atom. The molecule has 1 atom stereocenters. The minimum Gasteiger partial charge on any atom is -0.494 e. The van der Waals surface area contributed by atoms with Crippen LogP contribution in [0.3, 0.4) is 0 Å². The highest BCUT2D eigenvalue weighted by Crippen LogP contribution is 2.23. The molecule has 1 fully saturated rings. The Kier molecular flexibility index (Phi) is 7.80. The number of thioether (sulfide) groups is 1. The van der Waals surface area contributed by atoms with Gasteiger partial charge in [0.05, 0.1) is 16.8 Å². The number of carbonyl (C=O) groups excluding carboxylic acids is 1. The second-order valence-electron chi connectivity index (χ2n) is 7.07. The summed E-state index contributed by atoms with van der Waals surface area (Å²) in [6.45, 7) is 5.75. The minimum absolute atomic E-state index is 0.0639. The van der Waals surface area contributed by atoms with Gasteiger partial charge in [-0.2, -0.15) is 4.31 Å². The molecule has 2 aromatic rings. The zero-order chi connectivity index (χ0) is 21.6. The molecule has 3 rings (SSSR count). The number of sulfonamides is 1. The van der Waals surface area contributed by atoms with Crippen molar-refractivity contribution >= 4 is 27.7 Å². The molecule has 1 heterocycles. The number of piperazine rings is 1. The van der Waals surface area contributed by atoms with E-state index in [1.165, 1.54) is 9.87 Å². The summed E-state index contributed by atoms with van der Waals surface area (Å²) in [6, 6.07) is 16.5. The topological polar surface area (TPSA) is 66.9 Å². The molecule has 1 aliphatic heterocycles. The smallest absolute Gasteiger partial charge is 0.243 e. The average Bonchev–Trinajstić information content (AvgIpc) is 2.78. The van der Waals surface area contributed by atoms with Gasteiger partial charge in [0, 0.05) is 31.9 Å². The summed E-state index contributed by atoms with van der Waals surface area (Å²) >= 11 is 1.60. The summed E-state index contributed by atoms with van der Waals surface area (Å²) in [5, 5.41) is -0.167. The van der Waals surface area contributed by atoms with Crippen LogP contribution in [0.25, 0.3) is 0 Å². The van der Waals surface area contributed by atoms with Crippen LogP contribution in [0.4, 0.5) is 0 Å². The number of nitrogens with zero attached hydrogens (tertiary/aromatic N) is 2. The van der Waals surface area contributed by atoms with Crippen LogP contribution >= 0.6 is 11.8 Å². The number of ether oxygens (including phenoxy) is 1. The summed E-state index contributed by atoms with van der Waals surface area (Å²) < 4.78 is 32.6. The van der Waals surface area contributed by atoms with Crippen molar-refractivity contribution in [3.63, 3.8) is 0 Å². The fraction of sp³-hybridized carbons (Fsp3) is 0.409. The van der Waals surface area contributed by atoms with Gasteiger partial charge in [0.25, 0.3) is 0 Å². The van der Waals surface area contributed by atoms with E-state index >= 15 is 0 Å². The molecule has 1 amide bonds. The monoisotopic (exact) mass is 448 g/mol. The first-order valence-corrected chi connectivity index (χ1v) is 12.6. The average molecular weight is 449 g/mol. The van der Waals surface area contributed by atoms with Crippen LogP contribution in [0.2, 0.25) is 0 Å². The van der Waals surface area contributed by atoms with Gasteiger partial charge in [-0.1, -0.05) is 30.3 Å². The predicted octanol–water partition coefficient (Wildman–Crippen LogP) is 3.24. The molecule has 1 unspecified atom stereocenters. The van der Waals surface area contributed by atoms with Gasteiger partial charge in [0.1, 0.15) is 5.75 Å². The standard InChI is InChI=1S/C22H28N2O4S2/c1-3-28-20-9-11-21(12-10-20)30(26,27)24-15-13-23(14-16-24)22(25)18(2)29-17-19-7-5-4-6-8-19/h4-12,18H,3,13-17H2,1-2H3.